The van der Waals surface area contributed by atoms with Crippen molar-refractivity contribution in [2.75, 3.05) is 0 Å². The Labute approximate surface area is 229 Å². The zero-order chi connectivity index (χ0) is 27.3. The first-order valence-corrected chi connectivity index (χ1v) is 12.6. The smallest absolute Gasteiger partial charge is 0.258 e. The number of pyridine rings is 2. The van der Waals surface area contributed by atoms with E-state index in [1.54, 1.807) is 29.1 Å². The molecule has 0 unspecified atom stereocenters. The Balaban J connectivity index is 1.41. The Morgan fingerprint density at radius 2 is 1.87 bits per heavy atom. The SMILES string of the molecule is [O-][n+]1cc(-c2c(-n3cnnn3)ccc(Cl)c2F)ccc1[C@@H](CC1CC1)n1cc(-c2c(F)c[n+](O)cc2Cl)cn1. The van der Waals surface area contributed by atoms with Crippen LogP contribution in [-0.2, 0) is 0 Å². The highest BCUT2D eigenvalue weighted by Gasteiger charge is 2.33. The Bertz CT molecular complexity index is 1670. The first-order valence-electron chi connectivity index (χ1n) is 11.9. The van der Waals surface area contributed by atoms with Crippen LogP contribution in [0.25, 0.3) is 27.9 Å². The van der Waals surface area contributed by atoms with Crippen LogP contribution in [-0.4, -0.2) is 35.2 Å². The molecular formula is C25H19Cl2F2N8O2+. The molecule has 1 atom stereocenters. The third-order valence-corrected chi connectivity index (χ3v) is 7.25. The number of benzene rings is 1. The maximum atomic E-state index is 15.2. The predicted octanol–water partition coefficient (Wildman–Crippen LogP) is 4.33. The summed E-state index contributed by atoms with van der Waals surface area (Å²) in [6, 6.07) is 5.72. The zero-order valence-electron chi connectivity index (χ0n) is 20.0. The van der Waals surface area contributed by atoms with Crippen molar-refractivity contribution in [3.8, 4) is 27.9 Å². The van der Waals surface area contributed by atoms with Gasteiger partial charge in [0.15, 0.2) is 12.0 Å². The lowest BCUT2D eigenvalue weighted by atomic mass is 10.0. The van der Waals surface area contributed by atoms with Crippen LogP contribution in [0.3, 0.4) is 0 Å². The monoisotopic (exact) mass is 571 g/mol. The number of hydrogen-bond acceptors (Lipinski definition) is 6. The van der Waals surface area contributed by atoms with Gasteiger partial charge in [0, 0.05) is 22.6 Å². The number of tetrazole rings is 1. The minimum Gasteiger partial charge on any atom is -0.618 e. The van der Waals surface area contributed by atoms with Gasteiger partial charge in [-0.1, -0.05) is 36.0 Å². The van der Waals surface area contributed by atoms with Crippen LogP contribution in [0.4, 0.5) is 8.78 Å². The van der Waals surface area contributed by atoms with Crippen molar-refractivity contribution >= 4 is 23.2 Å². The fourth-order valence-corrected chi connectivity index (χ4v) is 5.09. The first-order chi connectivity index (χ1) is 18.8. The average molecular weight is 572 g/mol. The Hall–Kier alpha value is -4.16. The van der Waals surface area contributed by atoms with E-state index in [0.717, 1.165) is 19.0 Å². The van der Waals surface area contributed by atoms with Crippen LogP contribution in [0, 0.1) is 22.8 Å². The van der Waals surface area contributed by atoms with Crippen molar-refractivity contribution < 1.29 is 23.4 Å². The second-order valence-electron chi connectivity index (χ2n) is 9.29. The van der Waals surface area contributed by atoms with E-state index in [9.17, 15) is 14.8 Å². The summed E-state index contributed by atoms with van der Waals surface area (Å²) in [5.74, 6) is -1.03. The molecule has 6 rings (SSSR count). The summed E-state index contributed by atoms with van der Waals surface area (Å²) in [7, 11) is 0. The summed E-state index contributed by atoms with van der Waals surface area (Å²) in [5.41, 5.74) is 1.50. The van der Waals surface area contributed by atoms with Crippen molar-refractivity contribution in [1.82, 2.24) is 30.0 Å². The third kappa shape index (κ3) is 4.77. The quantitative estimate of drug-likeness (QED) is 0.177. The van der Waals surface area contributed by atoms with Gasteiger partial charge in [-0.2, -0.15) is 18.9 Å². The molecule has 0 saturated heterocycles. The van der Waals surface area contributed by atoms with Gasteiger partial charge in [0.2, 0.25) is 17.7 Å². The standard InChI is InChI=1S/C25H19Cl2F2N8O2/c26-17-4-6-21(36-13-30-32-33-36)24(25(17)29)15-3-5-20(37(39)10-15)22(7-14-1-2-14)35-9-16(8-31-35)23-18(27)11-34(38)12-19(23)28/h3-6,8-14,22,38H,1-2,7H2/q+1/t22-/m1/s1. The molecule has 0 aliphatic heterocycles. The second kappa shape index (κ2) is 9.86. The molecule has 0 radical (unpaired) electrons. The first kappa shape index (κ1) is 25.1. The molecule has 1 fully saturated rings. The molecule has 10 nitrogen and oxygen atoms in total. The van der Waals surface area contributed by atoms with E-state index in [4.69, 9.17) is 23.2 Å². The van der Waals surface area contributed by atoms with Gasteiger partial charge in [0.05, 0.1) is 33.6 Å². The number of rotatable bonds is 7. The lowest BCUT2D eigenvalue weighted by Crippen LogP contribution is -2.35. The molecule has 4 heterocycles. The summed E-state index contributed by atoms with van der Waals surface area (Å²) in [5, 5.41) is 38.3. The normalized spacial score (nSPS) is 14.1. The molecule has 0 bridgehead atoms. The van der Waals surface area contributed by atoms with Crippen LogP contribution in [0.2, 0.25) is 10.0 Å². The molecule has 14 heteroatoms. The number of halogens is 4. The fourth-order valence-electron chi connectivity index (χ4n) is 4.64. The zero-order valence-corrected chi connectivity index (χ0v) is 21.5. The highest BCUT2D eigenvalue weighted by Crippen LogP contribution is 2.40. The Morgan fingerprint density at radius 3 is 2.56 bits per heavy atom. The molecule has 1 aliphatic carbocycles. The lowest BCUT2D eigenvalue weighted by molar-refractivity contribution is -0.905. The molecule has 4 aromatic heterocycles. The second-order valence-corrected chi connectivity index (χ2v) is 10.1. The molecule has 39 heavy (non-hydrogen) atoms. The fraction of sp³-hybridized carbons (Fsp3) is 0.200. The largest absolute Gasteiger partial charge is 0.618 e. The Kier molecular flexibility index (Phi) is 6.35. The summed E-state index contributed by atoms with van der Waals surface area (Å²) < 4.78 is 33.9. The molecule has 5 aromatic rings. The van der Waals surface area contributed by atoms with E-state index in [1.807, 2.05) is 0 Å². The van der Waals surface area contributed by atoms with Crippen molar-refractivity contribution in [3.63, 3.8) is 0 Å². The van der Waals surface area contributed by atoms with Crippen LogP contribution >= 0.6 is 23.2 Å². The summed E-state index contributed by atoms with van der Waals surface area (Å²) in [6.07, 6.45) is 10.4. The van der Waals surface area contributed by atoms with Crippen LogP contribution < -0.4 is 9.46 Å². The molecule has 0 spiro atoms. The van der Waals surface area contributed by atoms with Gasteiger partial charge < -0.3 is 5.21 Å². The van der Waals surface area contributed by atoms with E-state index in [2.05, 4.69) is 20.6 Å². The maximum Gasteiger partial charge on any atom is 0.258 e. The summed E-state index contributed by atoms with van der Waals surface area (Å²) >= 11 is 12.2. The van der Waals surface area contributed by atoms with Gasteiger partial charge >= 0.3 is 0 Å². The number of aromatic nitrogens is 8. The van der Waals surface area contributed by atoms with Crippen LogP contribution in [0.1, 0.15) is 31.0 Å². The summed E-state index contributed by atoms with van der Waals surface area (Å²) in [6.45, 7) is 0. The van der Waals surface area contributed by atoms with Gasteiger partial charge in [-0.25, -0.2) is 4.39 Å². The van der Waals surface area contributed by atoms with Gasteiger partial charge in [0.25, 0.3) is 6.20 Å². The molecular weight excluding hydrogens is 553 g/mol. The summed E-state index contributed by atoms with van der Waals surface area (Å²) in [4.78, 5) is 0. The molecule has 1 aromatic carbocycles. The average Bonchev–Trinajstić information content (AvgIpc) is 3.33. The number of nitrogens with zero attached hydrogens (tertiary/aromatic N) is 8. The highest BCUT2D eigenvalue weighted by atomic mass is 35.5. The third-order valence-electron chi connectivity index (χ3n) is 6.68. The van der Waals surface area contributed by atoms with E-state index in [0.29, 0.717) is 38.7 Å². The van der Waals surface area contributed by atoms with E-state index in [1.165, 1.54) is 35.7 Å². The van der Waals surface area contributed by atoms with Crippen LogP contribution in [0.15, 0.2) is 61.6 Å². The van der Waals surface area contributed by atoms with E-state index >= 15 is 4.39 Å². The van der Waals surface area contributed by atoms with E-state index in [-0.39, 0.29) is 26.7 Å². The molecule has 0 amide bonds. The Morgan fingerprint density at radius 1 is 1.05 bits per heavy atom. The predicted molar refractivity (Wildman–Crippen MR) is 134 cm³/mol. The number of hydrogen-bond donors (Lipinski definition) is 1. The topological polar surface area (TPSA) is 112 Å². The van der Waals surface area contributed by atoms with E-state index < -0.39 is 17.7 Å². The van der Waals surface area contributed by atoms with Crippen molar-refractivity contribution in [2.45, 2.75) is 25.3 Å². The van der Waals surface area contributed by atoms with Gasteiger partial charge in [0.1, 0.15) is 17.4 Å². The van der Waals surface area contributed by atoms with Gasteiger partial charge in [-0.3, -0.25) is 9.89 Å². The minimum absolute atomic E-state index is 0.000898. The van der Waals surface area contributed by atoms with Gasteiger partial charge in [-0.05, 0) is 41.0 Å². The maximum absolute atomic E-state index is 15.2. The van der Waals surface area contributed by atoms with Crippen molar-refractivity contribution in [3.05, 3.63) is 94.2 Å². The van der Waals surface area contributed by atoms with Crippen molar-refractivity contribution in [1.29, 1.82) is 0 Å². The molecule has 1 N–H and O–H groups in total. The minimum atomic E-state index is -0.728. The van der Waals surface area contributed by atoms with Crippen LogP contribution in [0.5, 0.6) is 0 Å². The molecule has 1 saturated carbocycles. The lowest BCUT2D eigenvalue weighted by Gasteiger charge is -2.18. The molecule has 198 valence electrons. The highest BCUT2D eigenvalue weighted by molar-refractivity contribution is 6.33. The van der Waals surface area contributed by atoms with Crippen molar-refractivity contribution in [2.24, 2.45) is 5.92 Å². The molecule has 1 aliphatic rings. The van der Waals surface area contributed by atoms with Gasteiger partial charge in [-0.15, -0.1) is 5.10 Å².